The Hall–Kier alpha value is -4.16. The molecule has 2 N–H and O–H groups in total. The van der Waals surface area contributed by atoms with Crippen molar-refractivity contribution in [3.05, 3.63) is 70.4 Å². The van der Waals surface area contributed by atoms with E-state index in [2.05, 4.69) is 21.1 Å². The second kappa shape index (κ2) is 13.1. The minimum absolute atomic E-state index is 0.232. The molecule has 204 valence electrons. The van der Waals surface area contributed by atoms with Gasteiger partial charge in [0.25, 0.3) is 17.7 Å². The molecular weight excluding hydrogens is 524 g/mol. The first kappa shape index (κ1) is 27.9. The number of nitrogens with zero attached hydrogens (tertiary/aromatic N) is 4. The third-order valence-corrected chi connectivity index (χ3v) is 7.28. The molecule has 2 amide bonds. The first-order chi connectivity index (χ1) is 18.8. The molecule has 3 aromatic rings. The van der Waals surface area contributed by atoms with E-state index in [1.807, 2.05) is 6.07 Å². The predicted molar refractivity (Wildman–Crippen MR) is 141 cm³/mol. The topological polar surface area (TPSA) is 154 Å². The highest BCUT2D eigenvalue weighted by atomic mass is 32.1. The Bertz CT molecular complexity index is 1320. The van der Waals surface area contributed by atoms with Gasteiger partial charge in [-0.1, -0.05) is 30.1 Å². The summed E-state index contributed by atoms with van der Waals surface area (Å²) in [6.07, 6.45) is 6.69. The lowest BCUT2D eigenvalue weighted by molar-refractivity contribution is -0.134. The molecule has 1 aromatic carbocycles. The minimum Gasteiger partial charge on any atom is -0.478 e. The van der Waals surface area contributed by atoms with Gasteiger partial charge in [0, 0.05) is 36.5 Å². The standard InChI is InChI=1S/C23H24N4O3S.C4H4O4/c28-22-17-7-3-4-8-18(17)23(29)27(22)14-11-20-24-21(30-25-20)19-10-9-16(31-19)15-26-12-5-1-2-6-13-26;5-3(6)1-2-4(7)8/h3-4,7-10H,1-2,5-6,11-15H2;1-2H,(H,5,6)(H,7,8)/b;2-1+. The van der Waals surface area contributed by atoms with Gasteiger partial charge in [-0.25, -0.2) is 9.59 Å². The third kappa shape index (κ3) is 7.45. The van der Waals surface area contributed by atoms with Crippen LogP contribution in [-0.4, -0.2) is 73.5 Å². The summed E-state index contributed by atoms with van der Waals surface area (Å²) in [6, 6.07) is 11.1. The van der Waals surface area contributed by atoms with Gasteiger partial charge < -0.3 is 14.7 Å². The minimum atomic E-state index is -1.26. The molecule has 39 heavy (non-hydrogen) atoms. The van der Waals surface area contributed by atoms with Gasteiger partial charge in [0.15, 0.2) is 5.82 Å². The van der Waals surface area contributed by atoms with Crippen LogP contribution in [0.5, 0.6) is 0 Å². The van der Waals surface area contributed by atoms with Crippen molar-refractivity contribution in [1.29, 1.82) is 0 Å². The van der Waals surface area contributed by atoms with Crippen LogP contribution in [0.15, 0.2) is 53.1 Å². The van der Waals surface area contributed by atoms with Crippen molar-refractivity contribution < 1.29 is 33.9 Å². The molecule has 0 aliphatic carbocycles. The number of carbonyl (C=O) groups excluding carboxylic acids is 2. The van der Waals surface area contributed by atoms with Crippen molar-refractivity contribution in [2.24, 2.45) is 0 Å². The number of carboxylic acid groups (broad SMARTS) is 2. The van der Waals surface area contributed by atoms with E-state index in [0.717, 1.165) is 24.5 Å². The quantitative estimate of drug-likeness (QED) is 0.312. The van der Waals surface area contributed by atoms with E-state index >= 15 is 0 Å². The van der Waals surface area contributed by atoms with E-state index in [4.69, 9.17) is 14.7 Å². The summed E-state index contributed by atoms with van der Waals surface area (Å²) in [5, 5.41) is 19.7. The normalized spacial score (nSPS) is 15.6. The third-order valence-electron chi connectivity index (χ3n) is 6.22. The number of benzene rings is 1. The Morgan fingerprint density at radius 2 is 1.54 bits per heavy atom. The molecule has 11 nitrogen and oxygen atoms in total. The van der Waals surface area contributed by atoms with Crippen molar-refractivity contribution in [1.82, 2.24) is 19.9 Å². The van der Waals surface area contributed by atoms with Gasteiger partial charge in [0.1, 0.15) is 0 Å². The lowest BCUT2D eigenvalue weighted by Gasteiger charge is -2.18. The molecule has 0 atom stereocenters. The number of hydrogen-bond acceptors (Lipinski definition) is 9. The molecule has 1 fully saturated rings. The highest BCUT2D eigenvalue weighted by Crippen LogP contribution is 2.28. The zero-order chi connectivity index (χ0) is 27.8. The van der Waals surface area contributed by atoms with E-state index in [9.17, 15) is 19.2 Å². The second-order valence-electron chi connectivity index (χ2n) is 9.04. The number of imide groups is 1. The lowest BCUT2D eigenvalue weighted by atomic mass is 10.1. The zero-order valence-electron chi connectivity index (χ0n) is 21.1. The van der Waals surface area contributed by atoms with Crippen LogP contribution in [0.3, 0.4) is 0 Å². The van der Waals surface area contributed by atoms with Crippen molar-refractivity contribution in [2.45, 2.75) is 38.6 Å². The van der Waals surface area contributed by atoms with Crippen molar-refractivity contribution in [2.75, 3.05) is 19.6 Å². The average Bonchev–Trinajstić information content (AvgIpc) is 3.57. The smallest absolute Gasteiger partial charge is 0.328 e. The average molecular weight is 553 g/mol. The Labute approximate surface area is 228 Å². The number of fused-ring (bicyclic) bond motifs is 1. The zero-order valence-corrected chi connectivity index (χ0v) is 21.9. The molecule has 4 heterocycles. The summed E-state index contributed by atoms with van der Waals surface area (Å²) in [5.41, 5.74) is 0.911. The van der Waals surface area contributed by atoms with Crippen molar-refractivity contribution in [3.63, 3.8) is 0 Å². The number of carbonyl (C=O) groups is 4. The largest absolute Gasteiger partial charge is 0.478 e. The number of aliphatic carboxylic acids is 2. The van der Waals surface area contributed by atoms with Crippen LogP contribution in [-0.2, 0) is 22.6 Å². The summed E-state index contributed by atoms with van der Waals surface area (Å²) in [5.74, 6) is -2.06. The monoisotopic (exact) mass is 552 g/mol. The van der Waals surface area contributed by atoms with Gasteiger partial charge in [-0.2, -0.15) is 4.98 Å². The SMILES string of the molecule is O=C(O)/C=C/C(=O)O.O=C1c2ccccc2C(=O)N1CCc1noc(-c2ccc(CN3CCCCCC3)s2)n1. The van der Waals surface area contributed by atoms with Crippen LogP contribution >= 0.6 is 11.3 Å². The maximum Gasteiger partial charge on any atom is 0.328 e. The van der Waals surface area contributed by atoms with Crippen molar-refractivity contribution in [3.8, 4) is 10.8 Å². The van der Waals surface area contributed by atoms with E-state index in [0.29, 0.717) is 41.4 Å². The molecule has 0 unspecified atom stereocenters. The number of likely N-dealkylation sites (tertiary alicyclic amines) is 1. The highest BCUT2D eigenvalue weighted by molar-refractivity contribution is 7.15. The van der Waals surface area contributed by atoms with Crippen molar-refractivity contribution >= 4 is 35.1 Å². The Kier molecular flexibility index (Phi) is 9.34. The molecule has 2 aliphatic rings. The van der Waals surface area contributed by atoms with Crippen LogP contribution in [0, 0.1) is 0 Å². The van der Waals surface area contributed by atoms with E-state index in [1.165, 1.54) is 35.5 Å². The number of carboxylic acids is 2. The van der Waals surface area contributed by atoms with Gasteiger partial charge in [-0.15, -0.1) is 11.3 Å². The maximum absolute atomic E-state index is 12.5. The molecule has 2 aromatic heterocycles. The Morgan fingerprint density at radius 1 is 0.923 bits per heavy atom. The summed E-state index contributed by atoms with van der Waals surface area (Å²) >= 11 is 1.68. The van der Waals surface area contributed by atoms with Gasteiger partial charge in [0.2, 0.25) is 0 Å². The van der Waals surface area contributed by atoms with Gasteiger partial charge in [-0.3, -0.25) is 19.4 Å². The van der Waals surface area contributed by atoms with Crippen LogP contribution in [0.4, 0.5) is 0 Å². The van der Waals surface area contributed by atoms with Crippen LogP contribution in [0.25, 0.3) is 10.8 Å². The molecule has 12 heteroatoms. The predicted octanol–water partition coefficient (Wildman–Crippen LogP) is 3.72. The maximum atomic E-state index is 12.5. The molecule has 0 bridgehead atoms. The first-order valence-electron chi connectivity index (χ1n) is 12.5. The fourth-order valence-electron chi connectivity index (χ4n) is 4.34. The second-order valence-corrected chi connectivity index (χ2v) is 10.2. The summed E-state index contributed by atoms with van der Waals surface area (Å²) in [7, 11) is 0. The molecule has 2 aliphatic heterocycles. The van der Waals surface area contributed by atoms with Crippen LogP contribution in [0.1, 0.15) is 57.1 Å². The number of thiophene rings is 1. The number of aromatic nitrogens is 2. The summed E-state index contributed by atoms with van der Waals surface area (Å²) in [4.78, 5) is 54.6. The summed E-state index contributed by atoms with van der Waals surface area (Å²) < 4.78 is 5.45. The molecular formula is C27H28N4O7S. The van der Waals surface area contributed by atoms with Gasteiger partial charge in [-0.05, 0) is 50.2 Å². The van der Waals surface area contributed by atoms with E-state index in [1.54, 1.807) is 35.6 Å². The lowest BCUT2D eigenvalue weighted by Crippen LogP contribution is -2.31. The Balaban J connectivity index is 0.000000386. The van der Waals surface area contributed by atoms with Gasteiger partial charge >= 0.3 is 11.9 Å². The Morgan fingerprint density at radius 3 is 2.13 bits per heavy atom. The fourth-order valence-corrected chi connectivity index (χ4v) is 5.32. The molecule has 0 spiro atoms. The number of rotatable bonds is 8. The van der Waals surface area contributed by atoms with Crippen LogP contribution < -0.4 is 0 Å². The highest BCUT2D eigenvalue weighted by Gasteiger charge is 2.34. The van der Waals surface area contributed by atoms with Crippen LogP contribution in [0.2, 0.25) is 0 Å². The first-order valence-corrected chi connectivity index (χ1v) is 13.4. The molecule has 1 saturated heterocycles. The number of amides is 2. The van der Waals surface area contributed by atoms with E-state index < -0.39 is 11.9 Å². The number of hydrogen-bond donors (Lipinski definition) is 2. The fraction of sp³-hybridized carbons (Fsp3) is 0.333. The van der Waals surface area contributed by atoms with E-state index in [-0.39, 0.29) is 18.4 Å². The molecule has 0 saturated carbocycles. The molecule has 0 radical (unpaired) electrons. The molecule has 5 rings (SSSR count). The van der Waals surface area contributed by atoms with Gasteiger partial charge in [0.05, 0.1) is 16.0 Å². The summed E-state index contributed by atoms with van der Waals surface area (Å²) in [6.45, 7) is 3.52.